The number of rotatable bonds is 6. The molecule has 19 heavy (non-hydrogen) atoms. The lowest BCUT2D eigenvalue weighted by Gasteiger charge is -2.42. The molecule has 0 aromatic heterocycles. The second kappa shape index (κ2) is 5.77. The van der Waals surface area contributed by atoms with E-state index in [9.17, 15) is 4.79 Å². The van der Waals surface area contributed by atoms with Gasteiger partial charge in [0.1, 0.15) is 5.54 Å². The Morgan fingerprint density at radius 3 is 2.74 bits per heavy atom. The minimum Gasteiger partial charge on any atom is -0.376 e. The molecule has 3 atom stereocenters. The number of amides is 1. The summed E-state index contributed by atoms with van der Waals surface area (Å²) in [4.78, 5) is 14.2. The molecule has 3 N–H and O–H groups in total. The first-order valence-corrected chi connectivity index (χ1v) is 7.38. The average Bonchev–Trinajstić information content (AvgIpc) is 3.12. The Hall–Kier alpha value is -0.650. The molecule has 0 aromatic rings. The van der Waals surface area contributed by atoms with Crippen LogP contribution in [0.15, 0.2) is 0 Å². The molecule has 5 nitrogen and oxygen atoms in total. The molecule has 2 aliphatic rings. The molecule has 2 fully saturated rings. The highest BCUT2D eigenvalue weighted by Crippen LogP contribution is 2.24. The summed E-state index contributed by atoms with van der Waals surface area (Å²) >= 11 is 0. The summed E-state index contributed by atoms with van der Waals surface area (Å²) in [6.07, 6.45) is 3.56. The lowest BCUT2D eigenvalue weighted by Crippen LogP contribution is -2.63. The maximum absolute atomic E-state index is 11.8. The number of morpholine rings is 1. The van der Waals surface area contributed by atoms with E-state index in [1.165, 1.54) is 0 Å². The van der Waals surface area contributed by atoms with Gasteiger partial charge in [-0.15, -0.1) is 0 Å². The van der Waals surface area contributed by atoms with Gasteiger partial charge in [-0.25, -0.2) is 0 Å². The van der Waals surface area contributed by atoms with Gasteiger partial charge in [-0.3, -0.25) is 15.0 Å². The van der Waals surface area contributed by atoms with E-state index in [4.69, 9.17) is 10.5 Å². The number of nitrogens with zero attached hydrogens (tertiary/aromatic N) is 1. The molecule has 1 saturated carbocycles. The van der Waals surface area contributed by atoms with Crippen molar-refractivity contribution in [2.24, 2.45) is 5.73 Å². The third-order valence-electron chi connectivity index (χ3n) is 4.22. The number of carbonyl (C=O) groups excluding carboxylic acids is 1. The summed E-state index contributed by atoms with van der Waals surface area (Å²) in [7, 11) is 0. The van der Waals surface area contributed by atoms with E-state index < -0.39 is 5.54 Å². The molecular weight excluding hydrogens is 242 g/mol. The molecule has 0 radical (unpaired) electrons. The first kappa shape index (κ1) is 14.8. The normalized spacial score (nSPS) is 31.9. The Balaban J connectivity index is 2.03. The zero-order valence-electron chi connectivity index (χ0n) is 12.3. The number of nitrogens with two attached hydrogens (primary N) is 1. The predicted octanol–water partition coefficient (Wildman–Crippen LogP) is 0.482. The maximum atomic E-state index is 11.8. The van der Waals surface area contributed by atoms with E-state index >= 15 is 0 Å². The van der Waals surface area contributed by atoms with Gasteiger partial charge in [0.25, 0.3) is 0 Å². The fraction of sp³-hybridized carbons (Fsp3) is 0.929. The van der Waals surface area contributed by atoms with Crippen LogP contribution < -0.4 is 11.1 Å². The first-order chi connectivity index (χ1) is 8.94. The first-order valence-electron chi connectivity index (χ1n) is 7.38. The van der Waals surface area contributed by atoms with E-state index in [-0.39, 0.29) is 12.0 Å². The van der Waals surface area contributed by atoms with Crippen molar-refractivity contribution in [3.8, 4) is 0 Å². The van der Waals surface area contributed by atoms with Gasteiger partial charge in [0.05, 0.1) is 12.7 Å². The zero-order chi connectivity index (χ0) is 14.0. The highest BCUT2D eigenvalue weighted by molar-refractivity contribution is 5.84. The quantitative estimate of drug-likeness (QED) is 0.736. The summed E-state index contributed by atoms with van der Waals surface area (Å²) in [5.74, 6) is -0.256. The molecule has 1 saturated heterocycles. The molecule has 0 aromatic carbocycles. The van der Waals surface area contributed by atoms with Crippen LogP contribution in [0.5, 0.6) is 0 Å². The Kier molecular flexibility index (Phi) is 4.48. The van der Waals surface area contributed by atoms with Gasteiger partial charge in [-0.05, 0) is 33.1 Å². The van der Waals surface area contributed by atoms with Crippen molar-refractivity contribution in [3.05, 3.63) is 0 Å². The van der Waals surface area contributed by atoms with Gasteiger partial charge in [0, 0.05) is 25.2 Å². The van der Waals surface area contributed by atoms with Crippen LogP contribution in [0, 0.1) is 0 Å². The van der Waals surface area contributed by atoms with Gasteiger partial charge in [-0.2, -0.15) is 0 Å². The highest BCUT2D eigenvalue weighted by Gasteiger charge is 2.40. The van der Waals surface area contributed by atoms with Crippen LogP contribution in [0.3, 0.4) is 0 Å². The summed E-state index contributed by atoms with van der Waals surface area (Å²) in [6.45, 7) is 8.46. The molecular formula is C14H27N3O2. The van der Waals surface area contributed by atoms with E-state index in [1.54, 1.807) is 0 Å². The number of hydrogen-bond donors (Lipinski definition) is 2. The van der Waals surface area contributed by atoms with Crippen LogP contribution in [0.2, 0.25) is 0 Å². The van der Waals surface area contributed by atoms with E-state index in [0.29, 0.717) is 18.6 Å². The maximum Gasteiger partial charge on any atom is 0.238 e. The molecule has 1 aliphatic carbocycles. The third-order valence-corrected chi connectivity index (χ3v) is 4.22. The number of nitrogens with one attached hydrogen (secondary N) is 1. The van der Waals surface area contributed by atoms with Crippen molar-refractivity contribution in [2.45, 2.75) is 63.8 Å². The Morgan fingerprint density at radius 2 is 2.21 bits per heavy atom. The number of primary amides is 1. The molecule has 1 amide bonds. The van der Waals surface area contributed by atoms with Gasteiger partial charge in [0.15, 0.2) is 0 Å². The van der Waals surface area contributed by atoms with Crippen LogP contribution in [-0.2, 0) is 9.53 Å². The van der Waals surface area contributed by atoms with E-state index in [1.807, 2.05) is 6.92 Å². The van der Waals surface area contributed by atoms with Gasteiger partial charge in [0.2, 0.25) is 5.91 Å². The predicted molar refractivity (Wildman–Crippen MR) is 74.8 cm³/mol. The third kappa shape index (κ3) is 3.68. The Morgan fingerprint density at radius 1 is 1.53 bits per heavy atom. The molecule has 0 bridgehead atoms. The van der Waals surface area contributed by atoms with Gasteiger partial charge in [-0.1, -0.05) is 6.92 Å². The minimum absolute atomic E-state index is 0.223. The average molecular weight is 269 g/mol. The van der Waals surface area contributed by atoms with Gasteiger partial charge < -0.3 is 10.5 Å². The van der Waals surface area contributed by atoms with E-state index in [0.717, 1.165) is 32.4 Å². The monoisotopic (exact) mass is 269 g/mol. The molecule has 3 unspecified atom stereocenters. The summed E-state index contributed by atoms with van der Waals surface area (Å²) in [5, 5.41) is 3.42. The number of ether oxygens (including phenoxy) is 1. The highest BCUT2D eigenvalue weighted by atomic mass is 16.5. The summed E-state index contributed by atoms with van der Waals surface area (Å²) in [5.41, 5.74) is 4.99. The SMILES string of the molecule is CCC1COC(C)CN1CC(C)(NC1CC1)C(N)=O. The van der Waals surface area contributed by atoms with Crippen molar-refractivity contribution in [1.29, 1.82) is 0 Å². The fourth-order valence-corrected chi connectivity index (χ4v) is 2.76. The largest absolute Gasteiger partial charge is 0.376 e. The van der Waals surface area contributed by atoms with Crippen molar-refractivity contribution < 1.29 is 9.53 Å². The second-order valence-electron chi connectivity index (χ2n) is 6.25. The fourth-order valence-electron chi connectivity index (χ4n) is 2.76. The van der Waals surface area contributed by atoms with Crippen molar-refractivity contribution in [2.75, 3.05) is 19.7 Å². The number of carbonyl (C=O) groups is 1. The van der Waals surface area contributed by atoms with Crippen molar-refractivity contribution >= 4 is 5.91 Å². The smallest absolute Gasteiger partial charge is 0.238 e. The van der Waals surface area contributed by atoms with Crippen LogP contribution in [0.1, 0.15) is 40.0 Å². The van der Waals surface area contributed by atoms with E-state index in [2.05, 4.69) is 24.1 Å². The lowest BCUT2D eigenvalue weighted by molar-refractivity contribution is -0.127. The number of hydrogen-bond acceptors (Lipinski definition) is 4. The van der Waals surface area contributed by atoms with Crippen LogP contribution in [0.25, 0.3) is 0 Å². The summed E-state index contributed by atoms with van der Waals surface area (Å²) < 4.78 is 5.70. The molecule has 0 spiro atoms. The molecule has 1 aliphatic heterocycles. The summed E-state index contributed by atoms with van der Waals surface area (Å²) in [6, 6.07) is 0.854. The van der Waals surface area contributed by atoms with Crippen LogP contribution >= 0.6 is 0 Å². The Bertz CT molecular complexity index is 333. The van der Waals surface area contributed by atoms with Crippen LogP contribution in [0.4, 0.5) is 0 Å². The van der Waals surface area contributed by atoms with Crippen molar-refractivity contribution in [1.82, 2.24) is 10.2 Å². The molecule has 110 valence electrons. The second-order valence-corrected chi connectivity index (χ2v) is 6.25. The minimum atomic E-state index is -0.633. The zero-order valence-corrected chi connectivity index (χ0v) is 12.3. The van der Waals surface area contributed by atoms with Crippen LogP contribution in [-0.4, -0.2) is 54.2 Å². The molecule has 1 heterocycles. The Labute approximate surface area is 115 Å². The standard InChI is InChI=1S/C14H27N3O2/c1-4-12-8-19-10(2)7-17(12)9-14(3,13(15)18)16-11-5-6-11/h10-12,16H,4-9H2,1-3H3,(H2,15,18). The molecule has 5 heteroatoms. The topological polar surface area (TPSA) is 67.6 Å². The van der Waals surface area contributed by atoms with Gasteiger partial charge >= 0.3 is 0 Å². The van der Waals surface area contributed by atoms with Crippen molar-refractivity contribution in [3.63, 3.8) is 0 Å². The molecule has 2 rings (SSSR count). The lowest BCUT2D eigenvalue weighted by atomic mass is 9.98.